The Kier molecular flexibility index (Phi) is 3.71. The fraction of sp³-hybridized carbons (Fsp3) is 1.00. The van der Waals surface area contributed by atoms with Gasteiger partial charge in [0.05, 0.1) is 12.2 Å². The molecule has 0 aromatic rings. The monoisotopic (exact) mass is 188 g/mol. The van der Waals surface area contributed by atoms with E-state index in [0.717, 1.165) is 12.8 Å². The third-order valence-electron chi connectivity index (χ3n) is 3.08. The van der Waals surface area contributed by atoms with Gasteiger partial charge in [0.2, 0.25) is 0 Å². The smallest absolute Gasteiger partial charge is 0.106 e. The normalized spacial score (nSPS) is 37.4. The van der Waals surface area contributed by atoms with E-state index in [4.69, 9.17) is 4.74 Å². The first kappa shape index (κ1) is 11.0. The van der Waals surface area contributed by atoms with Crippen molar-refractivity contribution in [1.29, 1.82) is 0 Å². The van der Waals surface area contributed by atoms with Crippen LogP contribution in [0, 0.1) is 5.92 Å². The van der Waals surface area contributed by atoms with Gasteiger partial charge in [0, 0.05) is 7.11 Å². The van der Waals surface area contributed by atoms with Gasteiger partial charge in [-0.3, -0.25) is 0 Å². The predicted molar refractivity (Wildman–Crippen MR) is 50.5 cm³/mol. The first-order chi connectivity index (χ1) is 6.08. The number of aliphatic hydroxyl groups is 2. The zero-order valence-corrected chi connectivity index (χ0v) is 8.49. The van der Waals surface area contributed by atoms with Crippen LogP contribution in [-0.4, -0.2) is 35.6 Å². The molecule has 13 heavy (non-hydrogen) atoms. The highest BCUT2D eigenvalue weighted by Crippen LogP contribution is 2.34. The number of hydrogen-bond acceptors (Lipinski definition) is 3. The topological polar surface area (TPSA) is 49.7 Å². The molecular weight excluding hydrogens is 168 g/mol. The summed E-state index contributed by atoms with van der Waals surface area (Å²) in [5, 5.41) is 19.7. The SMILES string of the molecule is COCC(O)C1(O)CCC(C)CC1. The van der Waals surface area contributed by atoms with Gasteiger partial charge in [-0.25, -0.2) is 0 Å². The van der Waals surface area contributed by atoms with Gasteiger partial charge < -0.3 is 14.9 Å². The summed E-state index contributed by atoms with van der Waals surface area (Å²) in [7, 11) is 1.54. The minimum atomic E-state index is -0.900. The maximum Gasteiger partial charge on any atom is 0.106 e. The van der Waals surface area contributed by atoms with E-state index in [1.54, 1.807) is 0 Å². The standard InChI is InChI=1S/C10H20O3/c1-8-3-5-10(12,6-4-8)9(11)7-13-2/h8-9,11-12H,3-7H2,1-2H3. The molecule has 2 N–H and O–H groups in total. The Bertz CT molecular complexity index is 150. The Hall–Kier alpha value is -0.120. The maximum atomic E-state index is 10.1. The molecule has 78 valence electrons. The van der Waals surface area contributed by atoms with Crippen molar-refractivity contribution in [2.45, 2.75) is 44.3 Å². The molecule has 1 fully saturated rings. The van der Waals surface area contributed by atoms with Crippen molar-refractivity contribution in [2.75, 3.05) is 13.7 Å². The van der Waals surface area contributed by atoms with Crippen molar-refractivity contribution in [3.63, 3.8) is 0 Å². The number of ether oxygens (including phenoxy) is 1. The van der Waals surface area contributed by atoms with Gasteiger partial charge in [-0.1, -0.05) is 6.92 Å². The number of methoxy groups -OCH3 is 1. The van der Waals surface area contributed by atoms with E-state index in [1.807, 2.05) is 0 Å². The molecule has 1 aliphatic carbocycles. The average Bonchev–Trinajstić information content (AvgIpc) is 2.11. The van der Waals surface area contributed by atoms with E-state index in [1.165, 1.54) is 7.11 Å². The van der Waals surface area contributed by atoms with Gasteiger partial charge in [0.25, 0.3) is 0 Å². The van der Waals surface area contributed by atoms with Crippen LogP contribution in [0.25, 0.3) is 0 Å². The molecule has 0 aromatic carbocycles. The molecule has 1 rings (SSSR count). The van der Waals surface area contributed by atoms with Crippen molar-refractivity contribution >= 4 is 0 Å². The van der Waals surface area contributed by atoms with Gasteiger partial charge in [0.15, 0.2) is 0 Å². The third-order valence-corrected chi connectivity index (χ3v) is 3.08. The predicted octanol–water partition coefficient (Wildman–Crippen LogP) is 0.935. The van der Waals surface area contributed by atoms with Crippen molar-refractivity contribution in [1.82, 2.24) is 0 Å². The van der Waals surface area contributed by atoms with E-state index < -0.39 is 11.7 Å². The van der Waals surface area contributed by atoms with Crippen molar-refractivity contribution < 1.29 is 14.9 Å². The van der Waals surface area contributed by atoms with E-state index in [9.17, 15) is 10.2 Å². The first-order valence-electron chi connectivity index (χ1n) is 4.98. The molecule has 1 saturated carbocycles. The Balaban J connectivity index is 2.46. The number of aliphatic hydroxyl groups excluding tert-OH is 1. The highest BCUT2D eigenvalue weighted by molar-refractivity contribution is 4.90. The lowest BCUT2D eigenvalue weighted by Gasteiger charge is -2.38. The summed E-state index contributed by atoms with van der Waals surface area (Å²) >= 11 is 0. The highest BCUT2D eigenvalue weighted by atomic mass is 16.5. The lowest BCUT2D eigenvalue weighted by atomic mass is 9.77. The van der Waals surface area contributed by atoms with E-state index in [-0.39, 0.29) is 6.61 Å². The van der Waals surface area contributed by atoms with Gasteiger partial charge in [0.1, 0.15) is 6.10 Å². The van der Waals surface area contributed by atoms with E-state index >= 15 is 0 Å². The molecule has 0 amide bonds. The Labute approximate surface area is 79.7 Å². The van der Waals surface area contributed by atoms with E-state index in [2.05, 4.69) is 6.92 Å². The first-order valence-corrected chi connectivity index (χ1v) is 4.98. The maximum absolute atomic E-state index is 10.1. The molecule has 0 bridgehead atoms. The quantitative estimate of drug-likeness (QED) is 0.693. The molecule has 1 unspecified atom stereocenters. The van der Waals surface area contributed by atoms with Crippen LogP contribution < -0.4 is 0 Å². The average molecular weight is 188 g/mol. The lowest BCUT2D eigenvalue weighted by Crippen LogP contribution is -2.47. The lowest BCUT2D eigenvalue weighted by molar-refractivity contribution is -0.123. The van der Waals surface area contributed by atoms with Crippen molar-refractivity contribution in [3.05, 3.63) is 0 Å². The van der Waals surface area contributed by atoms with Gasteiger partial charge in [-0.05, 0) is 31.6 Å². The zero-order chi connectivity index (χ0) is 9.90. The molecule has 0 spiro atoms. The molecule has 0 aliphatic heterocycles. The largest absolute Gasteiger partial charge is 0.388 e. The summed E-state index contributed by atoms with van der Waals surface area (Å²) in [4.78, 5) is 0. The second-order valence-corrected chi connectivity index (χ2v) is 4.26. The Morgan fingerprint density at radius 3 is 2.46 bits per heavy atom. The third kappa shape index (κ3) is 2.66. The second kappa shape index (κ2) is 4.40. The molecule has 0 heterocycles. The van der Waals surface area contributed by atoms with E-state index in [0.29, 0.717) is 18.8 Å². The van der Waals surface area contributed by atoms with Crippen LogP contribution in [0.15, 0.2) is 0 Å². The van der Waals surface area contributed by atoms with Crippen molar-refractivity contribution in [3.8, 4) is 0 Å². The molecule has 1 aliphatic rings. The molecule has 3 heteroatoms. The minimum Gasteiger partial charge on any atom is -0.388 e. The van der Waals surface area contributed by atoms with Crippen LogP contribution in [-0.2, 0) is 4.74 Å². The fourth-order valence-corrected chi connectivity index (χ4v) is 1.91. The molecule has 0 radical (unpaired) electrons. The van der Waals surface area contributed by atoms with Gasteiger partial charge in [-0.2, -0.15) is 0 Å². The fourth-order valence-electron chi connectivity index (χ4n) is 1.91. The summed E-state index contributed by atoms with van der Waals surface area (Å²) < 4.78 is 4.84. The summed E-state index contributed by atoms with van der Waals surface area (Å²) in [6, 6.07) is 0. The zero-order valence-electron chi connectivity index (χ0n) is 8.49. The van der Waals surface area contributed by atoms with Crippen LogP contribution in [0.2, 0.25) is 0 Å². The van der Waals surface area contributed by atoms with Crippen LogP contribution in [0.4, 0.5) is 0 Å². The molecular formula is C10H20O3. The van der Waals surface area contributed by atoms with Gasteiger partial charge in [-0.15, -0.1) is 0 Å². The number of rotatable bonds is 3. The van der Waals surface area contributed by atoms with Crippen LogP contribution in [0.5, 0.6) is 0 Å². The molecule has 0 saturated heterocycles. The minimum absolute atomic E-state index is 0.227. The summed E-state index contributed by atoms with van der Waals surface area (Å²) in [6.45, 7) is 2.41. The van der Waals surface area contributed by atoms with Crippen LogP contribution in [0.1, 0.15) is 32.6 Å². The van der Waals surface area contributed by atoms with Crippen LogP contribution in [0.3, 0.4) is 0 Å². The summed E-state index contributed by atoms with van der Waals surface area (Å²) in [5.74, 6) is 0.676. The molecule has 0 aromatic heterocycles. The molecule has 1 atom stereocenters. The summed E-state index contributed by atoms with van der Waals surface area (Å²) in [6.07, 6.45) is 2.65. The molecule has 3 nitrogen and oxygen atoms in total. The second-order valence-electron chi connectivity index (χ2n) is 4.26. The Morgan fingerprint density at radius 2 is 2.00 bits per heavy atom. The summed E-state index contributed by atoms with van der Waals surface area (Å²) in [5.41, 5.74) is -0.900. The van der Waals surface area contributed by atoms with Crippen LogP contribution >= 0.6 is 0 Å². The highest BCUT2D eigenvalue weighted by Gasteiger charge is 2.38. The Morgan fingerprint density at radius 1 is 1.46 bits per heavy atom. The van der Waals surface area contributed by atoms with Crippen molar-refractivity contribution in [2.24, 2.45) is 5.92 Å². The number of hydrogen-bond donors (Lipinski definition) is 2. The van der Waals surface area contributed by atoms with Gasteiger partial charge >= 0.3 is 0 Å².